The minimum absolute atomic E-state index is 0.0615. The van der Waals surface area contributed by atoms with E-state index < -0.39 is 0 Å². The van der Waals surface area contributed by atoms with E-state index in [4.69, 9.17) is 0 Å². The number of hydrogen-bond donors (Lipinski definition) is 3. The van der Waals surface area contributed by atoms with Crippen molar-refractivity contribution in [1.29, 1.82) is 0 Å². The summed E-state index contributed by atoms with van der Waals surface area (Å²) in [6.45, 7) is 9.29. The molecule has 4 nitrogen and oxygen atoms in total. The van der Waals surface area contributed by atoms with E-state index in [1.54, 1.807) is 23.5 Å². The monoisotopic (exact) mass is 306 g/mol. The lowest BCUT2D eigenvalue weighted by molar-refractivity contribution is 0.404. The van der Waals surface area contributed by atoms with E-state index in [1.165, 1.54) is 10.9 Å². The van der Waals surface area contributed by atoms with Crippen molar-refractivity contribution in [2.45, 2.75) is 46.2 Å². The first-order valence-electron chi connectivity index (χ1n) is 7.06. The summed E-state index contributed by atoms with van der Waals surface area (Å²) in [6.07, 6.45) is 0.877. The van der Waals surface area contributed by atoms with Crippen LogP contribution < -0.4 is 5.32 Å². The zero-order valence-corrected chi connectivity index (χ0v) is 13.7. The number of benzene rings is 1. The Bertz CT molecular complexity index is 630. The van der Waals surface area contributed by atoms with Crippen LogP contribution >= 0.6 is 11.3 Å². The molecule has 1 aromatic heterocycles. The van der Waals surface area contributed by atoms with Crippen LogP contribution in [0.5, 0.6) is 11.5 Å². The van der Waals surface area contributed by atoms with Gasteiger partial charge in [-0.3, -0.25) is 0 Å². The van der Waals surface area contributed by atoms with Crippen molar-refractivity contribution < 1.29 is 10.2 Å². The molecule has 5 heteroatoms. The van der Waals surface area contributed by atoms with Gasteiger partial charge < -0.3 is 15.5 Å². The zero-order valence-electron chi connectivity index (χ0n) is 12.9. The summed E-state index contributed by atoms with van der Waals surface area (Å²) in [5.74, 6) is -0.226. The van der Waals surface area contributed by atoms with Crippen LogP contribution in [0.3, 0.4) is 0 Å². The molecule has 0 spiro atoms. The van der Waals surface area contributed by atoms with Crippen LogP contribution in [0.15, 0.2) is 18.2 Å². The van der Waals surface area contributed by atoms with Crippen LogP contribution in [0.2, 0.25) is 0 Å². The van der Waals surface area contributed by atoms with Crippen molar-refractivity contribution in [3.05, 3.63) is 28.8 Å². The van der Waals surface area contributed by atoms with Gasteiger partial charge in [0, 0.05) is 22.5 Å². The third-order valence-corrected chi connectivity index (χ3v) is 4.26. The Morgan fingerprint density at radius 3 is 2.48 bits per heavy atom. The zero-order chi connectivity index (χ0) is 15.6. The highest BCUT2D eigenvalue weighted by atomic mass is 32.1. The molecule has 0 fully saturated rings. The minimum atomic E-state index is -0.116. The number of nitrogens with zero attached hydrogens (tertiary/aromatic N) is 1. The molecular weight excluding hydrogens is 284 g/mol. The van der Waals surface area contributed by atoms with Crippen molar-refractivity contribution >= 4 is 11.3 Å². The maximum atomic E-state index is 9.62. The van der Waals surface area contributed by atoms with Crippen LogP contribution in [0.4, 0.5) is 0 Å². The van der Waals surface area contributed by atoms with Crippen molar-refractivity contribution in [3.8, 4) is 22.1 Å². The van der Waals surface area contributed by atoms with Crippen molar-refractivity contribution in [2.24, 2.45) is 0 Å². The molecule has 0 radical (unpaired) electrons. The maximum absolute atomic E-state index is 9.62. The highest BCUT2D eigenvalue weighted by molar-refractivity contribution is 7.15. The Morgan fingerprint density at radius 1 is 1.19 bits per heavy atom. The molecule has 0 saturated heterocycles. The molecule has 0 aliphatic heterocycles. The van der Waals surface area contributed by atoms with Crippen molar-refractivity contribution in [3.63, 3.8) is 0 Å². The fraction of sp³-hybridized carbons (Fsp3) is 0.438. The molecule has 0 bridgehead atoms. The van der Waals surface area contributed by atoms with E-state index >= 15 is 0 Å². The molecule has 1 heterocycles. The molecule has 0 atom stereocenters. The molecular formula is C16H22N2O2S. The quantitative estimate of drug-likeness (QED) is 0.754. The summed E-state index contributed by atoms with van der Waals surface area (Å²) in [5.41, 5.74) is 1.97. The van der Waals surface area contributed by atoms with Crippen molar-refractivity contribution in [1.82, 2.24) is 10.3 Å². The number of aryl methyl sites for hydroxylation is 1. The standard InChI is InChI=1S/C16H22N2O2S/c1-5-11-14(9-17-16(2,3)4)21-15(18-11)10-6-7-12(19)13(20)8-10/h6-8,17,19-20H,5,9H2,1-4H3. The number of rotatable bonds is 4. The number of thiazole rings is 1. The normalized spacial score (nSPS) is 11.8. The average molecular weight is 306 g/mol. The van der Waals surface area contributed by atoms with E-state index in [-0.39, 0.29) is 17.0 Å². The molecule has 0 aliphatic rings. The first-order valence-corrected chi connectivity index (χ1v) is 7.87. The predicted molar refractivity (Wildman–Crippen MR) is 86.9 cm³/mol. The molecule has 114 valence electrons. The summed E-state index contributed by atoms with van der Waals surface area (Å²) in [7, 11) is 0. The summed E-state index contributed by atoms with van der Waals surface area (Å²) < 4.78 is 0. The predicted octanol–water partition coefficient (Wildman–Crippen LogP) is 3.67. The lowest BCUT2D eigenvalue weighted by Gasteiger charge is -2.20. The maximum Gasteiger partial charge on any atom is 0.158 e. The highest BCUT2D eigenvalue weighted by Crippen LogP contribution is 2.34. The van der Waals surface area contributed by atoms with Gasteiger partial charge in [-0.1, -0.05) is 6.92 Å². The first-order chi connectivity index (χ1) is 9.80. The Hall–Kier alpha value is -1.59. The summed E-state index contributed by atoms with van der Waals surface area (Å²) in [6, 6.07) is 4.81. The molecule has 0 amide bonds. The van der Waals surface area contributed by atoms with E-state index in [2.05, 4.69) is 38.0 Å². The largest absolute Gasteiger partial charge is 0.504 e. The lowest BCUT2D eigenvalue weighted by atomic mass is 10.1. The van der Waals surface area contributed by atoms with Gasteiger partial charge in [-0.25, -0.2) is 4.98 Å². The van der Waals surface area contributed by atoms with E-state index in [0.717, 1.165) is 29.2 Å². The SMILES string of the molecule is CCc1nc(-c2ccc(O)c(O)c2)sc1CNC(C)(C)C. The molecule has 2 rings (SSSR count). The topological polar surface area (TPSA) is 65.4 Å². The number of nitrogens with one attached hydrogen (secondary N) is 1. The van der Waals surface area contributed by atoms with E-state index in [0.29, 0.717) is 0 Å². The third kappa shape index (κ3) is 3.95. The van der Waals surface area contributed by atoms with Gasteiger partial charge in [-0.15, -0.1) is 11.3 Å². The van der Waals surface area contributed by atoms with Gasteiger partial charge in [0.2, 0.25) is 0 Å². The summed E-state index contributed by atoms with van der Waals surface area (Å²) >= 11 is 1.63. The molecule has 3 N–H and O–H groups in total. The first kappa shape index (κ1) is 15.8. The van der Waals surface area contributed by atoms with Crippen molar-refractivity contribution in [2.75, 3.05) is 0 Å². The molecule has 0 unspecified atom stereocenters. The van der Waals surface area contributed by atoms with E-state index in [9.17, 15) is 10.2 Å². The Balaban J connectivity index is 2.29. The summed E-state index contributed by atoms with van der Waals surface area (Å²) in [5, 5.41) is 23.4. The van der Waals surface area contributed by atoms with E-state index in [1.807, 2.05) is 0 Å². The molecule has 21 heavy (non-hydrogen) atoms. The van der Waals surface area contributed by atoms with Gasteiger partial charge in [0.1, 0.15) is 5.01 Å². The van der Waals surface area contributed by atoms with Gasteiger partial charge in [-0.2, -0.15) is 0 Å². The Labute approximate surface area is 129 Å². The second-order valence-electron chi connectivity index (χ2n) is 6.05. The van der Waals surface area contributed by atoms with Gasteiger partial charge in [0.05, 0.1) is 5.69 Å². The second kappa shape index (κ2) is 6.03. The molecule has 2 aromatic rings. The van der Waals surface area contributed by atoms with Crippen LogP contribution in [-0.4, -0.2) is 20.7 Å². The van der Waals surface area contributed by atoms with Gasteiger partial charge >= 0.3 is 0 Å². The number of hydrogen-bond acceptors (Lipinski definition) is 5. The smallest absolute Gasteiger partial charge is 0.158 e. The van der Waals surface area contributed by atoms with Crippen LogP contribution in [0.1, 0.15) is 38.3 Å². The molecule has 1 aromatic carbocycles. The van der Waals surface area contributed by atoms with Crippen LogP contribution in [-0.2, 0) is 13.0 Å². The Kier molecular flexibility index (Phi) is 4.54. The number of aromatic hydroxyl groups is 2. The molecule has 0 saturated carbocycles. The lowest BCUT2D eigenvalue weighted by Crippen LogP contribution is -2.35. The fourth-order valence-corrected chi connectivity index (χ4v) is 3.01. The summed E-state index contributed by atoms with van der Waals surface area (Å²) in [4.78, 5) is 5.87. The Morgan fingerprint density at radius 2 is 1.90 bits per heavy atom. The second-order valence-corrected chi connectivity index (χ2v) is 7.13. The minimum Gasteiger partial charge on any atom is -0.504 e. The molecule has 0 aliphatic carbocycles. The number of phenolic OH excluding ortho intramolecular Hbond substituents is 2. The number of aromatic nitrogens is 1. The average Bonchev–Trinajstić information content (AvgIpc) is 2.82. The highest BCUT2D eigenvalue weighted by Gasteiger charge is 2.15. The van der Waals surface area contributed by atoms with Crippen LogP contribution in [0, 0.1) is 0 Å². The fourth-order valence-electron chi connectivity index (χ4n) is 1.92. The number of phenols is 2. The van der Waals surface area contributed by atoms with Gasteiger partial charge in [0.15, 0.2) is 11.5 Å². The van der Waals surface area contributed by atoms with Gasteiger partial charge in [0.25, 0.3) is 0 Å². The third-order valence-electron chi connectivity index (χ3n) is 3.11. The van der Waals surface area contributed by atoms with Gasteiger partial charge in [-0.05, 0) is 45.4 Å². The van der Waals surface area contributed by atoms with Crippen LogP contribution in [0.25, 0.3) is 10.6 Å².